The molecule has 0 aliphatic rings. The molecule has 90 valence electrons. The van der Waals surface area contributed by atoms with E-state index in [1.165, 1.54) is 6.07 Å². The van der Waals surface area contributed by atoms with Crippen LogP contribution in [0.25, 0.3) is 11.4 Å². The van der Waals surface area contributed by atoms with Crippen LogP contribution in [0.4, 0.5) is 4.39 Å². The zero-order chi connectivity index (χ0) is 12.3. The van der Waals surface area contributed by atoms with Crippen molar-refractivity contribution in [3.63, 3.8) is 0 Å². The number of tetrazole rings is 1. The maximum Gasteiger partial charge on any atom is 0.182 e. The van der Waals surface area contributed by atoms with Crippen molar-refractivity contribution in [2.24, 2.45) is 5.73 Å². The summed E-state index contributed by atoms with van der Waals surface area (Å²) in [6, 6.07) is 4.67. The first-order chi connectivity index (χ1) is 8.22. The molecule has 0 bridgehead atoms. The Morgan fingerprint density at radius 1 is 1.41 bits per heavy atom. The molecule has 0 atom stereocenters. The minimum absolute atomic E-state index is 0.310. The largest absolute Gasteiger partial charge is 0.330 e. The molecule has 7 heteroatoms. The van der Waals surface area contributed by atoms with Gasteiger partial charge in [0, 0.05) is 12.1 Å². The quantitative estimate of drug-likeness (QED) is 0.931. The highest BCUT2D eigenvalue weighted by Gasteiger charge is 2.10. The van der Waals surface area contributed by atoms with Crippen LogP contribution in [-0.2, 0) is 6.54 Å². The van der Waals surface area contributed by atoms with Crippen molar-refractivity contribution in [2.45, 2.75) is 13.0 Å². The van der Waals surface area contributed by atoms with Gasteiger partial charge in [-0.2, -0.15) is 0 Å². The molecule has 17 heavy (non-hydrogen) atoms. The van der Waals surface area contributed by atoms with Crippen LogP contribution >= 0.6 is 15.9 Å². The van der Waals surface area contributed by atoms with Crippen molar-refractivity contribution in [3.05, 3.63) is 28.5 Å². The van der Waals surface area contributed by atoms with E-state index in [0.29, 0.717) is 23.4 Å². The molecule has 2 N–H and O–H groups in total. The number of aryl methyl sites for hydroxylation is 1. The first-order valence-electron chi connectivity index (χ1n) is 5.14. The monoisotopic (exact) mass is 299 g/mol. The van der Waals surface area contributed by atoms with Crippen molar-refractivity contribution in [1.29, 1.82) is 0 Å². The van der Waals surface area contributed by atoms with Crippen molar-refractivity contribution < 1.29 is 4.39 Å². The average molecular weight is 300 g/mol. The first kappa shape index (κ1) is 12.1. The summed E-state index contributed by atoms with van der Waals surface area (Å²) in [6.45, 7) is 1.22. The number of benzene rings is 1. The maximum atomic E-state index is 13.1. The highest BCUT2D eigenvalue weighted by atomic mass is 79.9. The Balaban J connectivity index is 2.32. The predicted molar refractivity (Wildman–Crippen MR) is 64.6 cm³/mol. The van der Waals surface area contributed by atoms with Gasteiger partial charge in [-0.15, -0.1) is 5.10 Å². The fourth-order valence-electron chi connectivity index (χ4n) is 1.44. The van der Waals surface area contributed by atoms with Gasteiger partial charge in [0.2, 0.25) is 0 Å². The van der Waals surface area contributed by atoms with E-state index in [0.717, 1.165) is 12.0 Å². The molecular formula is C10H11BrFN5. The van der Waals surface area contributed by atoms with Gasteiger partial charge in [0.05, 0.1) is 4.47 Å². The van der Waals surface area contributed by atoms with Gasteiger partial charge in [-0.05, 0) is 57.5 Å². The molecular weight excluding hydrogens is 289 g/mol. The second kappa shape index (κ2) is 5.33. The van der Waals surface area contributed by atoms with Crippen LogP contribution in [0, 0.1) is 5.82 Å². The maximum absolute atomic E-state index is 13.1. The summed E-state index contributed by atoms with van der Waals surface area (Å²) in [6.07, 6.45) is 0.792. The summed E-state index contributed by atoms with van der Waals surface area (Å²) < 4.78 is 15.2. The normalized spacial score (nSPS) is 10.8. The number of hydrogen-bond donors (Lipinski definition) is 1. The molecule has 2 rings (SSSR count). The SMILES string of the molecule is NCCCn1nnnc1-c1ccc(F)c(Br)c1. The van der Waals surface area contributed by atoms with Gasteiger partial charge in [0.25, 0.3) is 0 Å². The number of aromatic nitrogens is 4. The van der Waals surface area contributed by atoms with E-state index in [1.54, 1.807) is 16.8 Å². The topological polar surface area (TPSA) is 69.6 Å². The Kier molecular flexibility index (Phi) is 3.80. The number of hydrogen-bond acceptors (Lipinski definition) is 4. The minimum Gasteiger partial charge on any atom is -0.330 e. The molecule has 5 nitrogen and oxygen atoms in total. The predicted octanol–water partition coefficient (Wildman–Crippen LogP) is 1.59. The zero-order valence-electron chi connectivity index (χ0n) is 8.98. The molecule has 0 fully saturated rings. The molecule has 0 radical (unpaired) electrons. The van der Waals surface area contributed by atoms with Gasteiger partial charge in [0.1, 0.15) is 5.82 Å². The number of halogens is 2. The van der Waals surface area contributed by atoms with Gasteiger partial charge in [-0.1, -0.05) is 0 Å². The van der Waals surface area contributed by atoms with E-state index >= 15 is 0 Å². The Hall–Kier alpha value is -1.34. The number of rotatable bonds is 4. The molecule has 0 aliphatic heterocycles. The highest BCUT2D eigenvalue weighted by Crippen LogP contribution is 2.23. The lowest BCUT2D eigenvalue weighted by molar-refractivity contribution is 0.568. The fraction of sp³-hybridized carbons (Fsp3) is 0.300. The van der Waals surface area contributed by atoms with Crippen molar-refractivity contribution in [1.82, 2.24) is 20.2 Å². The second-order valence-corrected chi connectivity index (χ2v) is 4.35. The molecule has 0 aliphatic carbocycles. The van der Waals surface area contributed by atoms with E-state index in [-0.39, 0.29) is 5.82 Å². The average Bonchev–Trinajstić information content (AvgIpc) is 2.78. The third-order valence-corrected chi connectivity index (χ3v) is 2.89. The van der Waals surface area contributed by atoms with Crippen molar-refractivity contribution >= 4 is 15.9 Å². The summed E-state index contributed by atoms with van der Waals surface area (Å²) in [5.41, 5.74) is 6.20. The van der Waals surface area contributed by atoms with E-state index in [2.05, 4.69) is 31.5 Å². The van der Waals surface area contributed by atoms with Gasteiger partial charge in [-0.25, -0.2) is 9.07 Å². The van der Waals surface area contributed by atoms with E-state index in [9.17, 15) is 4.39 Å². The van der Waals surface area contributed by atoms with E-state index in [1.807, 2.05) is 0 Å². The molecule has 0 amide bonds. The lowest BCUT2D eigenvalue weighted by Gasteiger charge is -2.04. The zero-order valence-corrected chi connectivity index (χ0v) is 10.6. The van der Waals surface area contributed by atoms with Crippen molar-refractivity contribution in [2.75, 3.05) is 6.54 Å². The smallest absolute Gasteiger partial charge is 0.182 e. The Morgan fingerprint density at radius 3 is 2.94 bits per heavy atom. The molecule has 1 aromatic heterocycles. The van der Waals surface area contributed by atoms with Crippen LogP contribution in [-0.4, -0.2) is 26.8 Å². The van der Waals surface area contributed by atoms with Crippen molar-refractivity contribution in [3.8, 4) is 11.4 Å². The second-order valence-electron chi connectivity index (χ2n) is 3.50. The lowest BCUT2D eigenvalue weighted by Crippen LogP contribution is -2.08. The molecule has 0 unspecified atom stereocenters. The van der Waals surface area contributed by atoms with Gasteiger partial charge in [0.15, 0.2) is 5.82 Å². The van der Waals surface area contributed by atoms with Crippen LogP contribution < -0.4 is 5.73 Å². The Morgan fingerprint density at radius 2 is 2.24 bits per heavy atom. The van der Waals surface area contributed by atoms with Crippen LogP contribution in [0.15, 0.2) is 22.7 Å². The fourth-order valence-corrected chi connectivity index (χ4v) is 1.82. The Bertz CT molecular complexity index is 513. The standard InChI is InChI=1S/C10H11BrFN5/c11-8-6-7(2-3-9(8)12)10-14-15-16-17(10)5-1-4-13/h2-3,6H,1,4-5,13H2. The summed E-state index contributed by atoms with van der Waals surface area (Å²) in [4.78, 5) is 0. The molecule has 1 heterocycles. The van der Waals surface area contributed by atoms with Crippen LogP contribution in [0.5, 0.6) is 0 Å². The summed E-state index contributed by atoms with van der Waals surface area (Å²) in [7, 11) is 0. The number of nitrogens with zero attached hydrogens (tertiary/aromatic N) is 4. The van der Waals surface area contributed by atoms with Gasteiger partial charge in [-0.3, -0.25) is 0 Å². The Labute approximate surface area is 106 Å². The van der Waals surface area contributed by atoms with E-state index < -0.39 is 0 Å². The van der Waals surface area contributed by atoms with Gasteiger partial charge < -0.3 is 5.73 Å². The first-order valence-corrected chi connectivity index (χ1v) is 5.93. The third kappa shape index (κ3) is 2.67. The molecule has 0 spiro atoms. The highest BCUT2D eigenvalue weighted by molar-refractivity contribution is 9.10. The van der Waals surface area contributed by atoms with Gasteiger partial charge >= 0.3 is 0 Å². The summed E-state index contributed by atoms with van der Waals surface area (Å²) in [5, 5.41) is 11.4. The molecule has 0 saturated heterocycles. The molecule has 1 aromatic carbocycles. The van der Waals surface area contributed by atoms with Crippen LogP contribution in [0.1, 0.15) is 6.42 Å². The summed E-state index contributed by atoms with van der Waals surface area (Å²) in [5.74, 6) is 0.300. The molecule has 2 aromatic rings. The number of nitrogens with two attached hydrogens (primary N) is 1. The third-order valence-electron chi connectivity index (χ3n) is 2.28. The van der Waals surface area contributed by atoms with Crippen LogP contribution in [0.2, 0.25) is 0 Å². The minimum atomic E-state index is -0.310. The summed E-state index contributed by atoms with van der Waals surface area (Å²) >= 11 is 3.14. The lowest BCUT2D eigenvalue weighted by atomic mass is 10.2. The van der Waals surface area contributed by atoms with Crippen LogP contribution in [0.3, 0.4) is 0 Å². The molecule has 0 saturated carbocycles. The van der Waals surface area contributed by atoms with E-state index in [4.69, 9.17) is 5.73 Å².